The summed E-state index contributed by atoms with van der Waals surface area (Å²) in [7, 11) is 0. The minimum Gasteiger partial charge on any atom is -0.482 e. The van der Waals surface area contributed by atoms with Crippen molar-refractivity contribution in [3.8, 4) is 17.1 Å². The number of anilines is 2. The fourth-order valence-electron chi connectivity index (χ4n) is 3.27. The van der Waals surface area contributed by atoms with Crippen molar-refractivity contribution in [2.75, 3.05) is 23.4 Å². The number of carbonyl (C=O) groups is 2. The molecule has 0 atom stereocenters. The van der Waals surface area contributed by atoms with Crippen molar-refractivity contribution in [3.05, 3.63) is 59.8 Å². The second-order valence-corrected chi connectivity index (χ2v) is 7.27. The Balaban J connectivity index is 1.52. The fourth-order valence-corrected chi connectivity index (χ4v) is 3.27. The van der Waals surface area contributed by atoms with E-state index in [1.165, 1.54) is 0 Å². The van der Waals surface area contributed by atoms with E-state index in [1.807, 2.05) is 31.2 Å². The van der Waals surface area contributed by atoms with E-state index < -0.39 is 0 Å². The number of unbranched alkanes of at least 4 members (excludes halogenated alkanes) is 1. The van der Waals surface area contributed by atoms with Crippen LogP contribution in [0.3, 0.4) is 0 Å². The molecule has 2 aromatic carbocycles. The van der Waals surface area contributed by atoms with Crippen molar-refractivity contribution in [2.45, 2.75) is 26.7 Å². The van der Waals surface area contributed by atoms with E-state index in [9.17, 15) is 9.59 Å². The number of hydrogen-bond acceptors (Lipinski definition) is 5. The van der Waals surface area contributed by atoms with Crippen molar-refractivity contribution in [3.63, 3.8) is 0 Å². The molecule has 7 nitrogen and oxygen atoms in total. The molecule has 30 heavy (non-hydrogen) atoms. The number of nitrogens with zero attached hydrogens (tertiary/aromatic N) is 2. The number of aromatic nitrogens is 1. The predicted octanol–water partition coefficient (Wildman–Crippen LogP) is 4.43. The second-order valence-electron chi connectivity index (χ2n) is 7.27. The van der Waals surface area contributed by atoms with E-state index >= 15 is 0 Å². The Kier molecular flexibility index (Phi) is 5.52. The lowest BCUT2D eigenvalue weighted by Gasteiger charge is -2.29. The number of amides is 2. The highest BCUT2D eigenvalue weighted by Crippen LogP contribution is 2.35. The monoisotopic (exact) mass is 405 g/mol. The highest BCUT2D eigenvalue weighted by atomic mass is 16.5. The summed E-state index contributed by atoms with van der Waals surface area (Å²) < 4.78 is 10.9. The zero-order chi connectivity index (χ0) is 21.1. The molecule has 2 heterocycles. The molecule has 1 aromatic heterocycles. The Labute approximate surface area is 174 Å². The molecule has 7 heteroatoms. The number of aryl methyl sites for hydroxylation is 1. The van der Waals surface area contributed by atoms with E-state index in [4.69, 9.17) is 9.26 Å². The van der Waals surface area contributed by atoms with Gasteiger partial charge < -0.3 is 19.5 Å². The zero-order valence-electron chi connectivity index (χ0n) is 17.0. The van der Waals surface area contributed by atoms with Crippen molar-refractivity contribution < 1.29 is 18.8 Å². The molecule has 0 fully saturated rings. The molecular formula is C23H23N3O4. The SMILES string of the molecule is CCCCN1C(=O)COc2ccc(NC(=O)c3cc(-c4ccc(C)cc4)on3)cc21. The van der Waals surface area contributed by atoms with Crippen LogP contribution in [0.4, 0.5) is 11.4 Å². The molecule has 0 spiro atoms. The van der Waals surface area contributed by atoms with E-state index in [-0.39, 0.29) is 24.1 Å². The van der Waals surface area contributed by atoms with Crippen LogP contribution in [0, 0.1) is 6.92 Å². The predicted molar refractivity (Wildman–Crippen MR) is 114 cm³/mol. The van der Waals surface area contributed by atoms with Crippen LogP contribution in [0.15, 0.2) is 53.1 Å². The molecule has 0 bridgehead atoms. The number of ether oxygens (including phenoxy) is 1. The quantitative estimate of drug-likeness (QED) is 0.656. The molecule has 0 saturated carbocycles. The van der Waals surface area contributed by atoms with E-state index in [0.29, 0.717) is 29.4 Å². The van der Waals surface area contributed by atoms with Gasteiger partial charge in [0.25, 0.3) is 11.8 Å². The summed E-state index contributed by atoms with van der Waals surface area (Å²) in [4.78, 5) is 26.6. The minimum absolute atomic E-state index is 0.0309. The molecule has 0 unspecified atom stereocenters. The summed E-state index contributed by atoms with van der Waals surface area (Å²) in [6, 6.07) is 14.6. The molecule has 0 saturated heterocycles. The number of fused-ring (bicyclic) bond motifs is 1. The first-order valence-corrected chi connectivity index (χ1v) is 9.97. The van der Waals surface area contributed by atoms with E-state index in [0.717, 1.165) is 24.0 Å². The van der Waals surface area contributed by atoms with Gasteiger partial charge in [-0.25, -0.2) is 0 Å². The lowest BCUT2D eigenvalue weighted by Crippen LogP contribution is -2.39. The maximum atomic E-state index is 12.7. The number of rotatable bonds is 6. The van der Waals surface area contributed by atoms with Crippen LogP contribution in [-0.2, 0) is 4.79 Å². The Morgan fingerprint density at radius 2 is 1.97 bits per heavy atom. The molecule has 1 aliphatic rings. The Bertz CT molecular complexity index is 1070. The third-order valence-corrected chi connectivity index (χ3v) is 4.97. The van der Waals surface area contributed by atoms with Crippen LogP contribution in [0.25, 0.3) is 11.3 Å². The lowest BCUT2D eigenvalue weighted by atomic mass is 10.1. The van der Waals surface area contributed by atoms with Gasteiger partial charge in [0.2, 0.25) is 0 Å². The van der Waals surface area contributed by atoms with Gasteiger partial charge in [-0.1, -0.05) is 48.3 Å². The van der Waals surface area contributed by atoms with Gasteiger partial charge in [-0.2, -0.15) is 0 Å². The van der Waals surface area contributed by atoms with Gasteiger partial charge in [-0.05, 0) is 31.5 Å². The summed E-state index contributed by atoms with van der Waals surface area (Å²) in [6.07, 6.45) is 1.87. The molecule has 3 aromatic rings. The fraction of sp³-hybridized carbons (Fsp3) is 0.261. The summed E-state index contributed by atoms with van der Waals surface area (Å²) in [6.45, 7) is 4.73. The van der Waals surface area contributed by atoms with Crippen LogP contribution in [0.1, 0.15) is 35.8 Å². The van der Waals surface area contributed by atoms with Gasteiger partial charge in [-0.3, -0.25) is 9.59 Å². The highest BCUT2D eigenvalue weighted by molar-refractivity contribution is 6.04. The van der Waals surface area contributed by atoms with Gasteiger partial charge >= 0.3 is 0 Å². The van der Waals surface area contributed by atoms with Crippen molar-refractivity contribution >= 4 is 23.2 Å². The average molecular weight is 405 g/mol. The Morgan fingerprint density at radius 1 is 1.17 bits per heavy atom. The van der Waals surface area contributed by atoms with Crippen molar-refractivity contribution in [2.24, 2.45) is 0 Å². The van der Waals surface area contributed by atoms with Crippen LogP contribution < -0.4 is 15.0 Å². The molecule has 154 valence electrons. The van der Waals surface area contributed by atoms with Crippen LogP contribution in [-0.4, -0.2) is 30.1 Å². The maximum Gasteiger partial charge on any atom is 0.277 e. The van der Waals surface area contributed by atoms with Crippen LogP contribution in [0.5, 0.6) is 5.75 Å². The van der Waals surface area contributed by atoms with Gasteiger partial charge in [0, 0.05) is 23.9 Å². The van der Waals surface area contributed by atoms with Gasteiger partial charge in [0.1, 0.15) is 5.75 Å². The molecule has 1 N–H and O–H groups in total. The van der Waals surface area contributed by atoms with Crippen molar-refractivity contribution in [1.29, 1.82) is 0 Å². The second kappa shape index (κ2) is 8.41. The summed E-state index contributed by atoms with van der Waals surface area (Å²) in [5.74, 6) is 0.681. The summed E-state index contributed by atoms with van der Waals surface area (Å²) >= 11 is 0. The molecular weight excluding hydrogens is 382 g/mol. The van der Waals surface area contributed by atoms with Crippen LogP contribution >= 0.6 is 0 Å². The third-order valence-electron chi connectivity index (χ3n) is 4.97. The number of carbonyl (C=O) groups excluding carboxylic acids is 2. The first-order chi connectivity index (χ1) is 14.5. The largest absolute Gasteiger partial charge is 0.482 e. The first kappa shape index (κ1) is 19.7. The normalized spacial score (nSPS) is 13.0. The highest BCUT2D eigenvalue weighted by Gasteiger charge is 2.25. The third kappa shape index (κ3) is 4.05. The number of benzene rings is 2. The topological polar surface area (TPSA) is 84.7 Å². The van der Waals surface area contributed by atoms with E-state index in [2.05, 4.69) is 17.4 Å². The van der Waals surface area contributed by atoms with Gasteiger partial charge in [0.05, 0.1) is 5.69 Å². The molecule has 2 amide bonds. The molecule has 0 aliphatic carbocycles. The molecule has 0 radical (unpaired) electrons. The zero-order valence-corrected chi connectivity index (χ0v) is 17.0. The lowest BCUT2D eigenvalue weighted by molar-refractivity contribution is -0.121. The Hall–Kier alpha value is -3.61. The maximum absolute atomic E-state index is 12.7. The minimum atomic E-state index is -0.389. The van der Waals surface area contributed by atoms with Gasteiger partial charge in [0.15, 0.2) is 18.1 Å². The number of nitrogens with one attached hydrogen (secondary N) is 1. The average Bonchev–Trinajstić information content (AvgIpc) is 3.24. The Morgan fingerprint density at radius 3 is 2.73 bits per heavy atom. The van der Waals surface area contributed by atoms with Crippen LogP contribution in [0.2, 0.25) is 0 Å². The van der Waals surface area contributed by atoms with Gasteiger partial charge in [-0.15, -0.1) is 0 Å². The number of hydrogen-bond donors (Lipinski definition) is 1. The van der Waals surface area contributed by atoms with E-state index in [1.54, 1.807) is 29.2 Å². The summed E-state index contributed by atoms with van der Waals surface area (Å²) in [5.41, 5.74) is 3.39. The summed E-state index contributed by atoms with van der Waals surface area (Å²) in [5, 5.41) is 6.71. The standard InChI is InChI=1S/C23H23N3O4/c1-3-4-11-26-19-12-17(9-10-20(19)29-14-22(26)27)24-23(28)18-13-21(30-25-18)16-7-5-15(2)6-8-16/h5-10,12-13H,3-4,11,14H2,1-2H3,(H,24,28). The smallest absolute Gasteiger partial charge is 0.277 e. The molecule has 1 aliphatic heterocycles. The van der Waals surface area contributed by atoms with Crippen molar-refractivity contribution in [1.82, 2.24) is 5.16 Å². The first-order valence-electron chi connectivity index (χ1n) is 9.97. The molecule has 4 rings (SSSR count).